The Balaban J connectivity index is 1.93. The molecule has 0 radical (unpaired) electrons. The fraction of sp³-hybridized carbons (Fsp3) is 0.0769. The number of methoxy groups -OCH3 is 1. The summed E-state index contributed by atoms with van der Waals surface area (Å²) in [6, 6.07) is 21.4. The lowest BCUT2D eigenvalue weighted by atomic mass is 9.96. The van der Waals surface area contributed by atoms with E-state index in [-0.39, 0.29) is 11.3 Å². The lowest BCUT2D eigenvalue weighted by Gasteiger charge is -2.13. The third-order valence-electron chi connectivity index (χ3n) is 5.37. The van der Waals surface area contributed by atoms with E-state index in [1.165, 1.54) is 12.1 Å². The Morgan fingerprint density at radius 2 is 1.61 bits per heavy atom. The molecule has 3 aromatic carbocycles. The molecule has 0 fully saturated rings. The number of aryl methyl sites for hydroxylation is 1. The molecule has 0 saturated heterocycles. The van der Waals surface area contributed by atoms with Crippen molar-refractivity contribution in [1.82, 2.24) is 4.98 Å². The van der Waals surface area contributed by atoms with Crippen LogP contribution in [-0.4, -0.2) is 12.1 Å². The number of halogens is 1. The van der Waals surface area contributed by atoms with Crippen LogP contribution in [0.4, 0.5) is 4.39 Å². The van der Waals surface area contributed by atoms with Gasteiger partial charge < -0.3 is 9.15 Å². The summed E-state index contributed by atoms with van der Waals surface area (Å²) < 4.78 is 24.4. The third-order valence-corrected chi connectivity index (χ3v) is 5.37. The van der Waals surface area contributed by atoms with Crippen LogP contribution in [0.25, 0.3) is 44.3 Å². The summed E-state index contributed by atoms with van der Waals surface area (Å²) in [4.78, 5) is 17.5. The van der Waals surface area contributed by atoms with Gasteiger partial charge in [-0.05, 0) is 66.6 Å². The van der Waals surface area contributed by atoms with Crippen LogP contribution in [0, 0.1) is 12.7 Å². The zero-order chi connectivity index (χ0) is 21.5. The zero-order valence-electron chi connectivity index (χ0n) is 17.0. The number of hydrogen-bond donors (Lipinski definition) is 0. The molecular weight excluding hydrogens is 393 g/mol. The van der Waals surface area contributed by atoms with E-state index < -0.39 is 5.63 Å². The summed E-state index contributed by atoms with van der Waals surface area (Å²) in [5.41, 5.74) is 4.35. The van der Waals surface area contributed by atoms with Crippen molar-refractivity contribution in [2.24, 2.45) is 0 Å². The summed E-state index contributed by atoms with van der Waals surface area (Å²) in [5.74, 6) is 0.320. The van der Waals surface area contributed by atoms with Crippen molar-refractivity contribution in [3.05, 3.63) is 94.6 Å². The first-order valence-electron chi connectivity index (χ1n) is 9.82. The number of nitrogens with zero attached hydrogens (tertiary/aromatic N) is 1. The number of hydrogen-bond acceptors (Lipinski definition) is 4. The lowest BCUT2D eigenvalue weighted by molar-refractivity contribution is 0.415. The molecule has 0 unspecified atom stereocenters. The van der Waals surface area contributed by atoms with Gasteiger partial charge in [0.15, 0.2) is 5.52 Å². The third kappa shape index (κ3) is 3.34. The number of pyridine rings is 1. The highest BCUT2D eigenvalue weighted by Gasteiger charge is 2.17. The minimum atomic E-state index is -0.523. The predicted octanol–water partition coefficient (Wildman–Crippen LogP) is 6.13. The maximum atomic E-state index is 13.5. The van der Waals surface area contributed by atoms with E-state index in [0.29, 0.717) is 28.0 Å². The van der Waals surface area contributed by atoms with Crippen molar-refractivity contribution in [1.29, 1.82) is 0 Å². The molecule has 4 nitrogen and oxygen atoms in total. The average molecular weight is 411 g/mol. The van der Waals surface area contributed by atoms with Gasteiger partial charge in [0.25, 0.3) is 0 Å². The maximum absolute atomic E-state index is 13.5. The Hall–Kier alpha value is -3.99. The van der Waals surface area contributed by atoms with Crippen LogP contribution < -0.4 is 10.4 Å². The minimum Gasteiger partial charge on any atom is -0.497 e. The molecule has 31 heavy (non-hydrogen) atoms. The monoisotopic (exact) mass is 411 g/mol. The number of aromatic nitrogens is 1. The lowest BCUT2D eigenvalue weighted by Crippen LogP contribution is -2.05. The molecule has 2 heterocycles. The molecule has 0 spiro atoms. The fourth-order valence-electron chi connectivity index (χ4n) is 3.76. The first-order valence-corrected chi connectivity index (χ1v) is 9.82. The largest absolute Gasteiger partial charge is 0.497 e. The Kier molecular flexibility index (Phi) is 4.51. The van der Waals surface area contributed by atoms with Gasteiger partial charge in [0.2, 0.25) is 0 Å². The number of rotatable bonds is 3. The van der Waals surface area contributed by atoms with Crippen molar-refractivity contribution in [2.45, 2.75) is 6.92 Å². The second-order valence-corrected chi connectivity index (χ2v) is 7.40. The highest BCUT2D eigenvalue weighted by atomic mass is 19.1. The first-order chi connectivity index (χ1) is 15.0. The smallest absolute Gasteiger partial charge is 0.363 e. The van der Waals surface area contributed by atoms with E-state index in [1.807, 2.05) is 43.3 Å². The van der Waals surface area contributed by atoms with Gasteiger partial charge in [0.1, 0.15) is 17.1 Å². The molecular formula is C26H18FNO3. The molecule has 0 amide bonds. The van der Waals surface area contributed by atoms with Gasteiger partial charge in [-0.2, -0.15) is 0 Å². The second kappa shape index (κ2) is 7.36. The second-order valence-electron chi connectivity index (χ2n) is 7.40. The van der Waals surface area contributed by atoms with Crippen molar-refractivity contribution < 1.29 is 13.5 Å². The fourth-order valence-corrected chi connectivity index (χ4v) is 3.76. The molecule has 0 N–H and O–H groups in total. The summed E-state index contributed by atoms with van der Waals surface area (Å²) in [7, 11) is 1.59. The quantitative estimate of drug-likeness (QED) is 0.265. The maximum Gasteiger partial charge on any atom is 0.363 e. The molecule has 0 aliphatic heterocycles. The summed E-state index contributed by atoms with van der Waals surface area (Å²) in [5, 5.41) is 1.43. The Morgan fingerprint density at radius 3 is 2.32 bits per heavy atom. The minimum absolute atomic E-state index is 0.221. The van der Waals surface area contributed by atoms with Gasteiger partial charge in [-0.15, -0.1) is 0 Å². The Morgan fingerprint density at radius 1 is 0.903 bits per heavy atom. The van der Waals surface area contributed by atoms with Crippen molar-refractivity contribution >= 4 is 21.9 Å². The first kappa shape index (κ1) is 19.0. The standard InChI is InChI=1S/C26H18FNO3/c1-15-3-5-16(6-4-15)20-14-22(17-7-9-18(27)10-8-17)28-25-24(20)21-13-19(30-2)11-12-23(21)31-26(25)29/h3-14H,1-2H3. The molecule has 0 bridgehead atoms. The average Bonchev–Trinajstić information content (AvgIpc) is 2.79. The zero-order valence-corrected chi connectivity index (χ0v) is 17.0. The Labute approximate surface area is 177 Å². The highest BCUT2D eigenvalue weighted by molar-refractivity contribution is 6.12. The van der Waals surface area contributed by atoms with Gasteiger partial charge in [-0.1, -0.05) is 29.8 Å². The van der Waals surface area contributed by atoms with Crippen LogP contribution in [0.15, 0.2) is 82.0 Å². The normalized spacial score (nSPS) is 11.2. The summed E-state index contributed by atoms with van der Waals surface area (Å²) in [6.07, 6.45) is 0. The van der Waals surface area contributed by atoms with E-state index in [9.17, 15) is 9.18 Å². The molecule has 0 aliphatic rings. The number of fused-ring (bicyclic) bond motifs is 3. The van der Waals surface area contributed by atoms with Crippen LogP contribution in [0.2, 0.25) is 0 Å². The van der Waals surface area contributed by atoms with Crippen LogP contribution in [0.5, 0.6) is 5.75 Å². The van der Waals surface area contributed by atoms with Crippen molar-refractivity contribution in [3.63, 3.8) is 0 Å². The van der Waals surface area contributed by atoms with E-state index >= 15 is 0 Å². The SMILES string of the molecule is COc1ccc2oc(=O)c3nc(-c4ccc(F)cc4)cc(-c4ccc(C)cc4)c3c2c1. The van der Waals surface area contributed by atoms with Gasteiger partial charge in [0.05, 0.1) is 12.8 Å². The van der Waals surface area contributed by atoms with Crippen molar-refractivity contribution in [2.75, 3.05) is 7.11 Å². The molecule has 5 heteroatoms. The molecule has 0 aliphatic carbocycles. The summed E-state index contributed by atoms with van der Waals surface area (Å²) >= 11 is 0. The van der Waals surface area contributed by atoms with Crippen LogP contribution in [0.1, 0.15) is 5.56 Å². The topological polar surface area (TPSA) is 52.3 Å². The predicted molar refractivity (Wildman–Crippen MR) is 120 cm³/mol. The van der Waals surface area contributed by atoms with Gasteiger partial charge in [-0.25, -0.2) is 14.2 Å². The molecule has 5 rings (SSSR count). The van der Waals surface area contributed by atoms with Crippen LogP contribution >= 0.6 is 0 Å². The Bertz CT molecular complexity index is 1490. The van der Waals surface area contributed by atoms with Gasteiger partial charge in [-0.3, -0.25) is 0 Å². The van der Waals surface area contributed by atoms with Gasteiger partial charge in [0, 0.05) is 16.3 Å². The summed E-state index contributed by atoms with van der Waals surface area (Å²) in [6.45, 7) is 2.02. The van der Waals surface area contributed by atoms with Gasteiger partial charge >= 0.3 is 5.63 Å². The van der Waals surface area contributed by atoms with E-state index in [4.69, 9.17) is 9.15 Å². The molecule has 2 aromatic heterocycles. The number of benzene rings is 3. The van der Waals surface area contributed by atoms with Crippen LogP contribution in [-0.2, 0) is 0 Å². The number of ether oxygens (including phenoxy) is 1. The van der Waals surface area contributed by atoms with Crippen molar-refractivity contribution in [3.8, 4) is 28.1 Å². The molecule has 5 aromatic rings. The van der Waals surface area contributed by atoms with E-state index in [0.717, 1.165) is 22.1 Å². The van der Waals surface area contributed by atoms with E-state index in [2.05, 4.69) is 4.98 Å². The molecule has 152 valence electrons. The van der Waals surface area contributed by atoms with E-state index in [1.54, 1.807) is 31.4 Å². The van der Waals surface area contributed by atoms with Crippen LogP contribution in [0.3, 0.4) is 0 Å². The highest BCUT2D eigenvalue weighted by Crippen LogP contribution is 2.36. The molecule has 0 saturated carbocycles. The molecule has 0 atom stereocenters.